The molecule has 776 valence electrons. The smallest absolute Gasteiger partial charge is 0.407 e. The molecule has 2 aromatic rings. The molecule has 0 aliphatic heterocycles. The van der Waals surface area contributed by atoms with E-state index in [1.54, 1.807) is 13.8 Å². The lowest BCUT2D eigenvalue weighted by Gasteiger charge is -2.46. The summed E-state index contributed by atoms with van der Waals surface area (Å²) in [6.07, 6.45) is 70.1. The summed E-state index contributed by atoms with van der Waals surface area (Å²) in [5.41, 5.74) is 0.657. The minimum absolute atomic E-state index is 0.0106. The molecule has 8 amide bonds. The zero-order chi connectivity index (χ0) is 99.0. The van der Waals surface area contributed by atoms with E-state index in [0.29, 0.717) is 79.5 Å². The lowest BCUT2D eigenvalue weighted by molar-refractivity contribution is 0.0597. The molecule has 10 N–H and O–H groups in total. The van der Waals surface area contributed by atoms with Crippen molar-refractivity contribution in [1.82, 2.24) is 51.8 Å². The highest BCUT2D eigenvalue weighted by atomic mass is 16.6. The number of hydrogen-bond acceptors (Lipinski definition) is 14. The maximum Gasteiger partial charge on any atom is 0.407 e. The molecule has 0 bridgehead atoms. The number of amides is 8. The van der Waals surface area contributed by atoms with E-state index in [1.165, 1.54) is 308 Å². The Kier molecular flexibility index (Phi) is 63.6. The van der Waals surface area contributed by atoms with E-state index in [9.17, 15) is 38.4 Å². The summed E-state index contributed by atoms with van der Waals surface area (Å²) in [6, 6.07) is 0.595. The van der Waals surface area contributed by atoms with Crippen LogP contribution in [0.15, 0.2) is 15.7 Å². The highest BCUT2D eigenvalue weighted by Crippen LogP contribution is 2.49. The van der Waals surface area contributed by atoms with Crippen molar-refractivity contribution in [3.63, 3.8) is 0 Å². The average Bonchev–Trinajstić information content (AvgIpc) is 0.804. The van der Waals surface area contributed by atoms with Crippen LogP contribution in [0.25, 0.3) is 0 Å². The Morgan fingerprint density at radius 2 is 0.657 bits per heavy atom. The first kappa shape index (κ1) is 122. The van der Waals surface area contributed by atoms with Crippen LogP contribution in [-0.2, 0) is 25.4 Å². The van der Waals surface area contributed by atoms with Crippen LogP contribution in [0.2, 0.25) is 0 Å². The predicted molar refractivity (Wildman–Crippen MR) is 556 cm³/mol. The number of H-pyrrole nitrogens is 2. The Balaban J connectivity index is 0.000000528. The van der Waals surface area contributed by atoms with Crippen LogP contribution in [0.1, 0.15) is 500 Å². The third-order valence-corrected chi connectivity index (χ3v) is 28.5. The molecule has 0 spiro atoms. The fraction of sp³-hybridized carbons (Fsp3) is 0.873. The molecule has 0 aromatic carbocycles. The van der Waals surface area contributed by atoms with Crippen LogP contribution in [0.3, 0.4) is 0 Å². The second kappa shape index (κ2) is 70.1. The van der Waals surface area contributed by atoms with E-state index in [1.807, 2.05) is 0 Å². The Bertz CT molecular complexity index is 3590. The predicted octanol–water partition coefficient (Wildman–Crippen LogP) is 29.3. The van der Waals surface area contributed by atoms with Crippen molar-refractivity contribution in [2.24, 2.45) is 50.2 Å². The number of aromatic nitrogens is 4. The first-order valence-electron chi connectivity index (χ1n) is 54.9. The fourth-order valence-electron chi connectivity index (χ4n) is 22.0. The maximum absolute atomic E-state index is 13.2. The SMILES string of the molecule is CCCCCCCCCCC(CCCCCCCC)COC(=O)NC1CC(C)(C)CC(C)(CC)C1.CCCCCCCCCCC(CCCCCCCC)COC(=O)NC1CC(C)(C)CC(C)(CNC(=O)Nc2nc(C)c(CCOC(=O)NC)c(=O)[nH]2)C1.CCCCCCCCCCC(CCCCCCCC)COC(=O)NC1CC(C)(C)CC(C)(CNC(=O)Nc2nc(C)cc(=O)[nH]2)C1. The van der Waals surface area contributed by atoms with E-state index in [0.717, 1.165) is 70.6 Å². The lowest BCUT2D eigenvalue weighted by atomic mass is 9.62. The first-order chi connectivity index (χ1) is 64.0. The van der Waals surface area contributed by atoms with E-state index in [-0.39, 0.29) is 94.0 Å². The van der Waals surface area contributed by atoms with Gasteiger partial charge >= 0.3 is 36.4 Å². The largest absolute Gasteiger partial charge is 0.449 e. The Labute approximate surface area is 816 Å². The van der Waals surface area contributed by atoms with Crippen molar-refractivity contribution in [3.8, 4) is 0 Å². The lowest BCUT2D eigenvalue weighted by Crippen LogP contribution is -2.51. The molecule has 9 atom stereocenters. The average molecular weight is 1890 g/mol. The summed E-state index contributed by atoms with van der Waals surface area (Å²) in [6.45, 7) is 41.8. The third kappa shape index (κ3) is 59.0. The van der Waals surface area contributed by atoms with Gasteiger partial charge in [-0.15, -0.1) is 0 Å². The normalized spacial score (nSPS) is 20.0. The van der Waals surface area contributed by atoms with Gasteiger partial charge in [-0.2, -0.15) is 0 Å². The number of hydrogen-bond donors (Lipinski definition) is 10. The molecule has 3 fully saturated rings. The van der Waals surface area contributed by atoms with Crippen molar-refractivity contribution in [2.75, 3.05) is 57.2 Å². The molecule has 3 aliphatic rings. The highest BCUT2D eigenvalue weighted by Gasteiger charge is 2.45. The Hall–Kier alpha value is -6.62. The maximum atomic E-state index is 13.2. The zero-order valence-electron chi connectivity index (χ0n) is 89.3. The zero-order valence-corrected chi connectivity index (χ0v) is 89.3. The number of ether oxygens (including phenoxy) is 4. The number of aryl methyl sites for hydroxylation is 2. The molecule has 9 unspecified atom stereocenters. The van der Waals surface area contributed by atoms with Gasteiger partial charge < -0.3 is 50.8 Å². The van der Waals surface area contributed by atoms with Crippen molar-refractivity contribution in [2.45, 2.75) is 522 Å². The molecule has 2 heterocycles. The monoisotopic (exact) mass is 1890 g/mol. The van der Waals surface area contributed by atoms with Crippen LogP contribution < -0.4 is 53.7 Å². The molecule has 134 heavy (non-hydrogen) atoms. The number of carbonyl (C=O) groups is 6. The molecule has 2 aromatic heterocycles. The molecule has 0 saturated heterocycles. The topological polar surface area (TPSA) is 327 Å². The number of alkyl carbamates (subject to hydrolysis) is 4. The van der Waals surface area contributed by atoms with E-state index < -0.39 is 23.7 Å². The van der Waals surface area contributed by atoms with Gasteiger partial charge in [0.1, 0.15) is 0 Å². The molecule has 3 saturated carbocycles. The summed E-state index contributed by atoms with van der Waals surface area (Å²) in [5, 5.41) is 23.1. The minimum atomic E-state index is -0.578. The molecule has 5 rings (SSSR count). The summed E-state index contributed by atoms with van der Waals surface area (Å²) < 4.78 is 22.6. The molecule has 0 radical (unpaired) electrons. The quantitative estimate of drug-likeness (QED) is 0.0217. The molecule has 3 aliphatic carbocycles. The van der Waals surface area contributed by atoms with Gasteiger partial charge in [0.05, 0.1) is 32.1 Å². The van der Waals surface area contributed by atoms with Crippen LogP contribution in [0, 0.1) is 64.1 Å². The van der Waals surface area contributed by atoms with Crippen LogP contribution in [0.4, 0.5) is 40.7 Å². The van der Waals surface area contributed by atoms with E-state index in [4.69, 9.17) is 18.9 Å². The van der Waals surface area contributed by atoms with Crippen LogP contribution in [-0.4, -0.2) is 121 Å². The standard InChI is InChI=1S/C41H74N6O6.C37H67N5O4.C32H63NO2/c1-8-10-12-14-16-17-19-21-23-32(22-20-18-15-13-11-9-2)28-53-39(51)45-33-26-40(4,5)29-41(6,27-33)30-43-37(49)47-36-44-31(3)34(35(48)46-36)24-25-52-38(50)42-7;1-7-9-11-13-15-16-18-20-22-30(21-19-17-14-12-10-8-2)26-46-35(45)40-31-24-36(4,5)27-37(6,25-31)28-38-34(44)42-33-39-29(3)23-32(43)41-33;1-7-10-12-14-16-17-19-21-23-28(22-20-18-15-13-11-8-2)26-35-30(34)33-29-24-31(4,5)27-32(6,9-3)25-29/h32-33H,8-30H2,1-7H3,(H,42,50)(H,45,51)(H3,43,44,46,47,48,49);23,30-31H,7-22,24-28H2,1-6H3,(H,40,45)(H3,38,39,41,42,43,44);28-29H,7-27H2,1-6H3,(H,33,34). The van der Waals surface area contributed by atoms with Gasteiger partial charge in [-0.1, -0.05) is 387 Å². The van der Waals surface area contributed by atoms with Gasteiger partial charge in [0, 0.05) is 62.0 Å². The van der Waals surface area contributed by atoms with Gasteiger partial charge in [-0.3, -0.25) is 30.2 Å². The van der Waals surface area contributed by atoms with Crippen LogP contribution >= 0.6 is 0 Å². The number of unbranched alkanes of at least 4 members (excludes halogenated alkanes) is 36. The molecular formula is C110H204N12O12. The highest BCUT2D eigenvalue weighted by molar-refractivity contribution is 5.88. The van der Waals surface area contributed by atoms with Crippen molar-refractivity contribution in [1.29, 1.82) is 0 Å². The van der Waals surface area contributed by atoms with Gasteiger partial charge in [0.15, 0.2) is 0 Å². The molecular weight excluding hydrogens is 1680 g/mol. The van der Waals surface area contributed by atoms with Gasteiger partial charge in [0.25, 0.3) is 11.1 Å². The van der Waals surface area contributed by atoms with Crippen LogP contribution in [0.5, 0.6) is 0 Å². The van der Waals surface area contributed by atoms with Gasteiger partial charge in [-0.05, 0) is 160 Å². The molecule has 24 heteroatoms. The Morgan fingerprint density at radius 1 is 0.373 bits per heavy atom. The minimum Gasteiger partial charge on any atom is -0.449 e. The summed E-state index contributed by atoms with van der Waals surface area (Å²) >= 11 is 0. The van der Waals surface area contributed by atoms with Gasteiger partial charge in [-0.25, -0.2) is 38.7 Å². The number of nitrogens with zero attached hydrogens (tertiary/aromatic N) is 2. The number of nitrogens with one attached hydrogen (secondary N) is 10. The number of anilines is 2. The number of aromatic amines is 2. The summed E-state index contributed by atoms with van der Waals surface area (Å²) in [7, 11) is 1.46. The number of rotatable bonds is 67. The summed E-state index contributed by atoms with van der Waals surface area (Å²) in [4.78, 5) is 114. The fourth-order valence-corrected chi connectivity index (χ4v) is 22.0. The first-order valence-corrected chi connectivity index (χ1v) is 54.9. The van der Waals surface area contributed by atoms with Crippen molar-refractivity contribution < 1.29 is 47.7 Å². The van der Waals surface area contributed by atoms with Crippen molar-refractivity contribution >= 4 is 48.3 Å². The molecule has 24 nitrogen and oxygen atoms in total. The number of carbonyl (C=O) groups excluding carboxylic acids is 6. The third-order valence-electron chi connectivity index (χ3n) is 28.5. The van der Waals surface area contributed by atoms with E-state index >= 15 is 0 Å². The Morgan fingerprint density at radius 3 is 0.940 bits per heavy atom. The van der Waals surface area contributed by atoms with E-state index in [2.05, 4.69) is 173 Å². The number of urea groups is 2. The second-order valence-corrected chi connectivity index (χ2v) is 44.9. The van der Waals surface area contributed by atoms with Gasteiger partial charge in [0.2, 0.25) is 11.9 Å². The summed E-state index contributed by atoms with van der Waals surface area (Å²) in [5.74, 6) is 1.50. The second-order valence-electron chi connectivity index (χ2n) is 44.9. The van der Waals surface area contributed by atoms with Crippen molar-refractivity contribution in [3.05, 3.63) is 43.7 Å².